The summed E-state index contributed by atoms with van der Waals surface area (Å²) in [4.78, 5) is 32.5. The molecule has 1 fully saturated rings. The molecule has 2 atom stereocenters. The number of amides is 1. The Morgan fingerprint density at radius 2 is 1.82 bits per heavy atom. The molecule has 6 rings (SSSR count). The van der Waals surface area contributed by atoms with Crippen molar-refractivity contribution in [2.75, 3.05) is 27.2 Å². The zero-order valence-corrected chi connectivity index (χ0v) is 22.7. The van der Waals surface area contributed by atoms with Crippen molar-refractivity contribution < 1.29 is 14.3 Å². The summed E-state index contributed by atoms with van der Waals surface area (Å²) in [5.41, 5.74) is 4.78. The molecule has 1 saturated carbocycles. The van der Waals surface area contributed by atoms with Gasteiger partial charge in [0.25, 0.3) is 5.91 Å². The number of hydrogen-bond donors (Lipinski definition) is 1. The minimum Gasteiger partial charge on any atom is -0.426 e. The number of rotatable bonds is 7. The van der Waals surface area contributed by atoms with Gasteiger partial charge in [0, 0.05) is 48.0 Å². The lowest BCUT2D eigenvalue weighted by Gasteiger charge is -2.12. The normalized spacial score (nSPS) is 16.7. The molecule has 3 aromatic carbocycles. The number of fused-ring (bicyclic) bond motifs is 4. The third kappa shape index (κ3) is 4.53. The van der Waals surface area contributed by atoms with Crippen LogP contribution in [-0.4, -0.2) is 53.5 Å². The Labute approximate surface area is 227 Å². The summed E-state index contributed by atoms with van der Waals surface area (Å²) in [6.45, 7) is 3.37. The monoisotopic (exact) mass is 520 g/mol. The topological polar surface area (TPSA) is 76.5 Å². The van der Waals surface area contributed by atoms with Crippen LogP contribution in [0.5, 0.6) is 5.75 Å². The number of carbonyl (C=O) groups is 2. The Morgan fingerprint density at radius 3 is 2.59 bits per heavy atom. The Bertz CT molecular complexity index is 1740. The van der Waals surface area contributed by atoms with Crippen LogP contribution in [0.1, 0.15) is 34.0 Å². The highest BCUT2D eigenvalue weighted by Crippen LogP contribution is 2.48. The number of aromatic nitrogens is 2. The third-order valence-electron chi connectivity index (χ3n) is 7.85. The SMILES string of the molecule is Cc1c2ccnc(C(=O)NCCN(C)C)c2cc2c3cc(OC(=O)C4CC4c4ccccc4)ccc3n(C)c12. The summed E-state index contributed by atoms with van der Waals surface area (Å²) in [6.07, 6.45) is 2.51. The van der Waals surface area contributed by atoms with Gasteiger partial charge in [0.2, 0.25) is 0 Å². The molecule has 1 N–H and O–H groups in total. The van der Waals surface area contributed by atoms with E-state index in [1.165, 1.54) is 5.56 Å². The van der Waals surface area contributed by atoms with Gasteiger partial charge in [0.05, 0.1) is 11.4 Å². The molecule has 0 bridgehead atoms. The van der Waals surface area contributed by atoms with Gasteiger partial charge in [-0.3, -0.25) is 14.6 Å². The largest absolute Gasteiger partial charge is 0.426 e. The van der Waals surface area contributed by atoms with Crippen molar-refractivity contribution in [1.82, 2.24) is 19.8 Å². The maximum atomic E-state index is 13.1. The second-order valence-corrected chi connectivity index (χ2v) is 10.7. The highest BCUT2D eigenvalue weighted by Gasteiger charge is 2.45. The van der Waals surface area contributed by atoms with Crippen LogP contribution in [0.3, 0.4) is 0 Å². The number of hydrogen-bond acceptors (Lipinski definition) is 5. The van der Waals surface area contributed by atoms with Crippen molar-refractivity contribution in [2.24, 2.45) is 13.0 Å². The third-order valence-corrected chi connectivity index (χ3v) is 7.85. The minimum absolute atomic E-state index is 0.110. The van der Waals surface area contributed by atoms with Crippen molar-refractivity contribution in [2.45, 2.75) is 19.3 Å². The molecule has 2 heterocycles. The number of benzene rings is 3. The quantitative estimate of drug-likeness (QED) is 0.236. The van der Waals surface area contributed by atoms with E-state index in [2.05, 4.69) is 33.9 Å². The molecular weight excluding hydrogens is 488 g/mol. The standard InChI is InChI=1S/C32H32N4O3/c1-19-22-12-13-33-29(31(37)34-14-15-35(2)3)25(22)18-26-24-16-21(10-11-28(24)36(4)30(19)26)39-32(38)27-17-23(27)20-8-6-5-7-9-20/h5-13,16,18,23,27H,14-15,17H2,1-4H3,(H,34,37). The molecule has 2 aromatic heterocycles. The van der Waals surface area contributed by atoms with Crippen LogP contribution in [0.4, 0.5) is 0 Å². The first-order valence-electron chi connectivity index (χ1n) is 13.3. The number of ether oxygens (including phenoxy) is 1. The van der Waals surface area contributed by atoms with E-state index >= 15 is 0 Å². The van der Waals surface area contributed by atoms with Crippen molar-refractivity contribution >= 4 is 44.5 Å². The average Bonchev–Trinajstić information content (AvgIpc) is 3.69. The minimum atomic E-state index is -0.189. The molecule has 1 aliphatic rings. The van der Waals surface area contributed by atoms with E-state index in [1.54, 1.807) is 6.20 Å². The van der Waals surface area contributed by atoms with Gasteiger partial charge >= 0.3 is 5.97 Å². The number of pyridine rings is 1. The highest BCUT2D eigenvalue weighted by atomic mass is 16.5. The Hall–Kier alpha value is -4.23. The Morgan fingerprint density at radius 1 is 1.03 bits per heavy atom. The van der Waals surface area contributed by atoms with Gasteiger partial charge in [-0.05, 0) is 80.2 Å². The predicted octanol–water partition coefficient (Wildman–Crippen LogP) is 5.19. The lowest BCUT2D eigenvalue weighted by molar-refractivity contribution is -0.135. The molecule has 7 nitrogen and oxygen atoms in total. The molecule has 0 saturated heterocycles. The van der Waals surface area contributed by atoms with E-state index in [9.17, 15) is 9.59 Å². The molecule has 1 amide bonds. The van der Waals surface area contributed by atoms with Crippen molar-refractivity contribution in [1.29, 1.82) is 0 Å². The van der Waals surface area contributed by atoms with Gasteiger partial charge in [0.1, 0.15) is 11.4 Å². The second-order valence-electron chi connectivity index (χ2n) is 10.7. The van der Waals surface area contributed by atoms with Gasteiger partial charge in [0.15, 0.2) is 0 Å². The molecule has 39 heavy (non-hydrogen) atoms. The first-order valence-corrected chi connectivity index (χ1v) is 13.3. The molecule has 1 aliphatic carbocycles. The number of likely N-dealkylation sites (N-methyl/N-ethyl adjacent to an activating group) is 1. The molecule has 0 spiro atoms. The summed E-state index contributed by atoms with van der Waals surface area (Å²) in [5.74, 6) is 0.272. The van der Waals surface area contributed by atoms with E-state index in [0.29, 0.717) is 18.0 Å². The van der Waals surface area contributed by atoms with Gasteiger partial charge in [-0.25, -0.2) is 0 Å². The first kappa shape index (κ1) is 25.1. The number of aryl methyl sites for hydroxylation is 2. The van der Waals surface area contributed by atoms with Crippen molar-refractivity contribution in [3.8, 4) is 5.75 Å². The van der Waals surface area contributed by atoms with E-state index in [4.69, 9.17) is 4.74 Å². The van der Waals surface area contributed by atoms with Gasteiger partial charge in [-0.15, -0.1) is 0 Å². The molecule has 5 aromatic rings. The second kappa shape index (κ2) is 9.82. The van der Waals surface area contributed by atoms with E-state index in [1.807, 2.05) is 74.6 Å². The molecule has 0 radical (unpaired) electrons. The van der Waals surface area contributed by atoms with Crippen LogP contribution < -0.4 is 10.1 Å². The number of nitrogens with zero attached hydrogens (tertiary/aromatic N) is 3. The van der Waals surface area contributed by atoms with Gasteiger partial charge in [-0.2, -0.15) is 0 Å². The maximum Gasteiger partial charge on any atom is 0.314 e. The fourth-order valence-electron chi connectivity index (χ4n) is 5.71. The average molecular weight is 521 g/mol. The van der Waals surface area contributed by atoms with Gasteiger partial charge < -0.3 is 19.5 Å². The summed E-state index contributed by atoms with van der Waals surface area (Å²) < 4.78 is 8.03. The van der Waals surface area contributed by atoms with Crippen LogP contribution in [0.25, 0.3) is 32.6 Å². The molecule has 2 unspecified atom stereocenters. The number of esters is 1. The molecule has 0 aliphatic heterocycles. The maximum absolute atomic E-state index is 13.1. The fourth-order valence-corrected chi connectivity index (χ4v) is 5.71. The van der Waals surface area contributed by atoms with Gasteiger partial charge in [-0.1, -0.05) is 30.3 Å². The first-order chi connectivity index (χ1) is 18.8. The van der Waals surface area contributed by atoms with E-state index in [-0.39, 0.29) is 23.7 Å². The summed E-state index contributed by atoms with van der Waals surface area (Å²) >= 11 is 0. The smallest absolute Gasteiger partial charge is 0.314 e. The van der Waals surface area contributed by atoms with E-state index < -0.39 is 0 Å². The fraction of sp³-hybridized carbons (Fsp3) is 0.281. The molecule has 198 valence electrons. The van der Waals surface area contributed by atoms with Crippen molar-refractivity contribution in [3.05, 3.63) is 83.7 Å². The van der Waals surface area contributed by atoms with Crippen LogP contribution in [0, 0.1) is 12.8 Å². The van der Waals surface area contributed by atoms with Crippen LogP contribution >= 0.6 is 0 Å². The summed E-state index contributed by atoms with van der Waals surface area (Å²) in [7, 11) is 5.99. The lowest BCUT2D eigenvalue weighted by Crippen LogP contribution is -2.31. The zero-order valence-electron chi connectivity index (χ0n) is 22.7. The van der Waals surface area contributed by atoms with Crippen molar-refractivity contribution in [3.63, 3.8) is 0 Å². The predicted molar refractivity (Wildman–Crippen MR) is 154 cm³/mol. The Kier molecular flexibility index (Phi) is 6.31. The Balaban J connectivity index is 1.36. The van der Waals surface area contributed by atoms with E-state index in [0.717, 1.165) is 51.1 Å². The zero-order chi connectivity index (χ0) is 27.3. The molecular formula is C32H32N4O3. The highest BCUT2D eigenvalue weighted by molar-refractivity contribution is 6.17. The summed E-state index contributed by atoms with van der Waals surface area (Å²) in [5, 5.41) is 6.76. The number of nitrogens with one attached hydrogen (secondary N) is 1. The van der Waals surface area contributed by atoms with Crippen LogP contribution in [0.15, 0.2) is 66.9 Å². The molecule has 7 heteroatoms. The lowest BCUT2D eigenvalue weighted by atomic mass is 10.00. The van der Waals surface area contributed by atoms with Crippen LogP contribution in [0.2, 0.25) is 0 Å². The van der Waals surface area contributed by atoms with Crippen LogP contribution in [-0.2, 0) is 11.8 Å². The summed E-state index contributed by atoms with van der Waals surface area (Å²) in [6, 6.07) is 19.9. The number of carbonyl (C=O) groups excluding carboxylic acids is 2.